The van der Waals surface area contributed by atoms with E-state index in [9.17, 15) is 14.4 Å². The lowest BCUT2D eigenvalue weighted by Gasteiger charge is -2.23. The molecule has 0 heterocycles. The number of amides is 1. The van der Waals surface area contributed by atoms with E-state index in [1.165, 1.54) is 0 Å². The lowest BCUT2D eigenvalue weighted by molar-refractivity contribution is -0.147. The number of rotatable bonds is 9. The van der Waals surface area contributed by atoms with Gasteiger partial charge in [-0.05, 0) is 76.4 Å². The summed E-state index contributed by atoms with van der Waals surface area (Å²) in [4.78, 5) is 35.3. The van der Waals surface area contributed by atoms with Crippen LogP contribution < -0.4 is 5.32 Å². The molecule has 0 bridgehead atoms. The van der Waals surface area contributed by atoms with Crippen LogP contribution in [0, 0.1) is 28.6 Å². The van der Waals surface area contributed by atoms with Gasteiger partial charge in [-0.2, -0.15) is 10.5 Å². The van der Waals surface area contributed by atoms with Crippen LogP contribution in [-0.4, -0.2) is 42.9 Å². The molecule has 0 aliphatic rings. The molecule has 9 nitrogen and oxygen atoms in total. The van der Waals surface area contributed by atoms with Crippen LogP contribution in [-0.2, 0) is 36.6 Å². The molecular formula is C30H37N3O6. The second-order valence-corrected chi connectivity index (χ2v) is 9.63. The number of carbonyl (C=O) groups excluding carboxylic acids is 3. The molecule has 0 aliphatic carbocycles. The molecule has 0 saturated heterocycles. The molecule has 208 valence electrons. The van der Waals surface area contributed by atoms with Crippen molar-refractivity contribution in [2.45, 2.75) is 66.0 Å². The monoisotopic (exact) mass is 535 g/mol. The van der Waals surface area contributed by atoms with Crippen molar-refractivity contribution in [1.82, 2.24) is 5.32 Å². The fourth-order valence-electron chi connectivity index (χ4n) is 3.27. The Morgan fingerprint density at radius 1 is 0.795 bits per heavy atom. The van der Waals surface area contributed by atoms with Gasteiger partial charge in [0.05, 0.1) is 42.4 Å². The Bertz CT molecular complexity index is 1160. The molecule has 2 aromatic carbocycles. The summed E-state index contributed by atoms with van der Waals surface area (Å²) in [7, 11) is 0. The number of esters is 2. The Hall–Kier alpha value is -4.37. The summed E-state index contributed by atoms with van der Waals surface area (Å²) in [6.07, 6.45) is 0.220. The third-order valence-corrected chi connectivity index (χ3v) is 5.10. The highest BCUT2D eigenvalue weighted by Crippen LogP contribution is 2.12. The standard InChI is InChI=1S/C17H22N2O4.C13H15NO2/c1-5-22-15(20)14(19-16(21)23-17(2,3)4)10-12-6-8-13(11-18)9-7-12;1-3-16-13(15)10(2)8-11-4-6-12(9-14)7-5-11/h6-9,14H,5,10H2,1-4H3,(H,19,21);4-7,10H,3,8H2,1-2H3. The molecule has 1 amide bonds. The van der Waals surface area contributed by atoms with Crippen molar-refractivity contribution >= 4 is 18.0 Å². The number of hydrogen-bond donors (Lipinski definition) is 1. The number of carbonyl (C=O) groups is 3. The summed E-state index contributed by atoms with van der Waals surface area (Å²) in [6, 6.07) is 17.3. The highest BCUT2D eigenvalue weighted by molar-refractivity contribution is 5.81. The molecule has 1 N–H and O–H groups in total. The minimum atomic E-state index is -0.849. The highest BCUT2D eigenvalue weighted by Gasteiger charge is 2.25. The average Bonchev–Trinajstić information content (AvgIpc) is 2.88. The third-order valence-electron chi connectivity index (χ3n) is 5.10. The van der Waals surface area contributed by atoms with Crippen molar-refractivity contribution in [2.75, 3.05) is 13.2 Å². The van der Waals surface area contributed by atoms with E-state index in [0.29, 0.717) is 24.2 Å². The average molecular weight is 536 g/mol. The number of hydrogen-bond acceptors (Lipinski definition) is 8. The van der Waals surface area contributed by atoms with Crippen LogP contribution in [0.25, 0.3) is 0 Å². The maximum absolute atomic E-state index is 12.0. The fourth-order valence-corrected chi connectivity index (χ4v) is 3.27. The van der Waals surface area contributed by atoms with Gasteiger partial charge in [-0.15, -0.1) is 0 Å². The second-order valence-electron chi connectivity index (χ2n) is 9.63. The quantitative estimate of drug-likeness (QED) is 0.355. The zero-order valence-electron chi connectivity index (χ0n) is 23.4. The van der Waals surface area contributed by atoms with Crippen LogP contribution in [0.15, 0.2) is 48.5 Å². The van der Waals surface area contributed by atoms with Gasteiger partial charge in [0, 0.05) is 6.42 Å². The van der Waals surface area contributed by atoms with Crippen molar-refractivity contribution in [3.63, 3.8) is 0 Å². The van der Waals surface area contributed by atoms with Crippen LogP contribution >= 0.6 is 0 Å². The lowest BCUT2D eigenvalue weighted by Crippen LogP contribution is -2.45. The summed E-state index contributed by atoms with van der Waals surface area (Å²) in [5.41, 5.74) is 2.35. The Morgan fingerprint density at radius 2 is 1.23 bits per heavy atom. The van der Waals surface area contributed by atoms with Gasteiger partial charge < -0.3 is 19.5 Å². The van der Waals surface area contributed by atoms with Crippen LogP contribution in [0.3, 0.4) is 0 Å². The van der Waals surface area contributed by atoms with Crippen molar-refractivity contribution in [3.05, 3.63) is 70.8 Å². The first-order chi connectivity index (χ1) is 18.4. The molecule has 2 aromatic rings. The first kappa shape index (κ1) is 32.7. The van der Waals surface area contributed by atoms with Gasteiger partial charge in [0.2, 0.25) is 0 Å². The zero-order valence-corrected chi connectivity index (χ0v) is 23.4. The van der Waals surface area contributed by atoms with Gasteiger partial charge >= 0.3 is 18.0 Å². The maximum Gasteiger partial charge on any atom is 0.408 e. The predicted molar refractivity (Wildman–Crippen MR) is 145 cm³/mol. The van der Waals surface area contributed by atoms with E-state index < -0.39 is 23.7 Å². The van der Waals surface area contributed by atoms with Crippen molar-refractivity contribution in [3.8, 4) is 12.1 Å². The molecule has 39 heavy (non-hydrogen) atoms. The number of benzene rings is 2. The van der Waals surface area contributed by atoms with E-state index in [2.05, 4.69) is 11.4 Å². The van der Waals surface area contributed by atoms with E-state index >= 15 is 0 Å². The molecule has 0 spiro atoms. The summed E-state index contributed by atoms with van der Waals surface area (Å²) < 4.78 is 15.1. The molecular weight excluding hydrogens is 498 g/mol. The molecule has 0 fully saturated rings. The summed E-state index contributed by atoms with van der Waals surface area (Å²) in [6.45, 7) is 11.2. The highest BCUT2D eigenvalue weighted by atomic mass is 16.6. The molecule has 9 heteroatoms. The van der Waals surface area contributed by atoms with Gasteiger partial charge in [0.25, 0.3) is 0 Å². The molecule has 0 aliphatic heterocycles. The van der Waals surface area contributed by atoms with Crippen LogP contribution in [0.4, 0.5) is 4.79 Å². The van der Waals surface area contributed by atoms with Gasteiger partial charge in [-0.1, -0.05) is 31.2 Å². The molecule has 2 atom stereocenters. The molecule has 0 radical (unpaired) electrons. The fraction of sp³-hybridized carbons (Fsp3) is 0.433. The van der Waals surface area contributed by atoms with Crippen LogP contribution in [0.2, 0.25) is 0 Å². The molecule has 0 aromatic heterocycles. The second kappa shape index (κ2) is 16.5. The van der Waals surface area contributed by atoms with E-state index in [-0.39, 0.29) is 24.9 Å². The Morgan fingerprint density at radius 3 is 1.64 bits per heavy atom. The Labute approximate surface area is 230 Å². The zero-order chi connectivity index (χ0) is 29.4. The molecule has 2 unspecified atom stereocenters. The third kappa shape index (κ3) is 13.1. The summed E-state index contributed by atoms with van der Waals surface area (Å²) >= 11 is 0. The van der Waals surface area contributed by atoms with E-state index in [4.69, 9.17) is 24.7 Å². The number of nitrogens with one attached hydrogen (secondary N) is 1. The largest absolute Gasteiger partial charge is 0.466 e. The van der Waals surface area contributed by atoms with Gasteiger partial charge in [0.15, 0.2) is 0 Å². The number of nitrogens with zero attached hydrogens (tertiary/aromatic N) is 2. The Kier molecular flexibility index (Phi) is 13.8. The number of nitriles is 2. The van der Waals surface area contributed by atoms with Crippen molar-refractivity contribution in [2.24, 2.45) is 5.92 Å². The van der Waals surface area contributed by atoms with Crippen LogP contribution in [0.5, 0.6) is 0 Å². The first-order valence-electron chi connectivity index (χ1n) is 12.7. The normalized spacial score (nSPS) is 11.8. The Balaban J connectivity index is 0.000000416. The SMILES string of the molecule is CCOC(=O)C(C)Cc1ccc(C#N)cc1.CCOC(=O)C(Cc1ccc(C#N)cc1)NC(=O)OC(C)(C)C. The van der Waals surface area contributed by atoms with E-state index in [1.807, 2.05) is 25.1 Å². The van der Waals surface area contributed by atoms with E-state index in [1.54, 1.807) is 71.0 Å². The number of alkyl carbamates (subject to hydrolysis) is 1. The summed E-state index contributed by atoms with van der Waals surface area (Å²) in [5.74, 6) is -0.845. The van der Waals surface area contributed by atoms with Crippen molar-refractivity contribution in [1.29, 1.82) is 10.5 Å². The van der Waals surface area contributed by atoms with E-state index in [0.717, 1.165) is 11.1 Å². The minimum absolute atomic E-state index is 0.145. The first-order valence-corrected chi connectivity index (χ1v) is 12.7. The minimum Gasteiger partial charge on any atom is -0.466 e. The molecule has 0 saturated carbocycles. The van der Waals surface area contributed by atoms with Crippen molar-refractivity contribution < 1.29 is 28.6 Å². The summed E-state index contributed by atoms with van der Waals surface area (Å²) in [5, 5.41) is 20.0. The number of ether oxygens (including phenoxy) is 3. The topological polar surface area (TPSA) is 139 Å². The maximum atomic E-state index is 12.0. The predicted octanol–water partition coefficient (Wildman–Crippen LogP) is 4.86. The van der Waals surface area contributed by atoms with Gasteiger partial charge in [0.1, 0.15) is 11.6 Å². The van der Waals surface area contributed by atoms with Crippen LogP contribution in [0.1, 0.15) is 63.8 Å². The lowest BCUT2D eigenvalue weighted by atomic mass is 10.0. The van der Waals surface area contributed by atoms with Gasteiger partial charge in [-0.25, -0.2) is 9.59 Å². The van der Waals surface area contributed by atoms with Gasteiger partial charge in [-0.3, -0.25) is 4.79 Å². The smallest absolute Gasteiger partial charge is 0.408 e. The molecule has 2 rings (SSSR count).